The lowest BCUT2D eigenvalue weighted by Gasteiger charge is -2.11. The van der Waals surface area contributed by atoms with Gasteiger partial charge in [-0.05, 0) is 30.7 Å². The van der Waals surface area contributed by atoms with Crippen LogP contribution in [0.5, 0.6) is 5.75 Å². The minimum Gasteiger partial charge on any atom is -0.496 e. The summed E-state index contributed by atoms with van der Waals surface area (Å²) in [6.45, 7) is 1.67. The highest BCUT2D eigenvalue weighted by Crippen LogP contribution is 2.34. The van der Waals surface area contributed by atoms with Crippen LogP contribution in [-0.2, 0) is 0 Å². The number of nitrogens with zero attached hydrogens (tertiary/aromatic N) is 1. The first-order chi connectivity index (χ1) is 11.6. The van der Waals surface area contributed by atoms with E-state index in [9.17, 15) is 4.79 Å². The van der Waals surface area contributed by atoms with E-state index >= 15 is 0 Å². The average Bonchev–Trinajstić information content (AvgIpc) is 3.02. The highest BCUT2D eigenvalue weighted by atomic mass is 35.5. The van der Waals surface area contributed by atoms with Crippen LogP contribution in [0.25, 0.3) is 11.1 Å². The smallest absolute Gasteiger partial charge is 0.260 e. The van der Waals surface area contributed by atoms with Gasteiger partial charge in [0, 0.05) is 5.56 Å². The number of anilines is 1. The molecule has 0 atom stereocenters. The summed E-state index contributed by atoms with van der Waals surface area (Å²) >= 11 is 6.33. The number of nitrogens with one attached hydrogen (secondary N) is 1. The predicted molar refractivity (Wildman–Crippen MR) is 92.6 cm³/mol. The van der Waals surface area contributed by atoms with Crippen LogP contribution in [0.3, 0.4) is 0 Å². The number of amides is 1. The Morgan fingerprint density at radius 1 is 1.25 bits per heavy atom. The van der Waals surface area contributed by atoms with Crippen LogP contribution in [-0.4, -0.2) is 18.2 Å². The standard InChI is InChI=1S/C18H15ClN2O3/c1-11-14(10-20-24-11)18(22)21-16-8-7-12(9-15(16)19)13-5-3-4-6-17(13)23-2/h3-10H,1-2H3,(H,21,22). The number of carbonyl (C=O) groups excluding carboxylic acids is 1. The molecule has 0 bridgehead atoms. The second-order valence-corrected chi connectivity index (χ2v) is 5.55. The highest BCUT2D eigenvalue weighted by molar-refractivity contribution is 6.34. The summed E-state index contributed by atoms with van der Waals surface area (Å²) in [4.78, 5) is 12.2. The molecule has 1 heterocycles. The third kappa shape index (κ3) is 3.12. The third-order valence-electron chi connectivity index (χ3n) is 3.63. The number of aromatic nitrogens is 1. The van der Waals surface area contributed by atoms with E-state index in [1.807, 2.05) is 30.3 Å². The Morgan fingerprint density at radius 2 is 2.04 bits per heavy atom. The Kier molecular flexibility index (Phi) is 4.53. The summed E-state index contributed by atoms with van der Waals surface area (Å²) in [5, 5.41) is 6.79. The molecule has 0 saturated heterocycles. The SMILES string of the molecule is COc1ccccc1-c1ccc(NC(=O)c2cnoc2C)c(Cl)c1. The number of ether oxygens (including phenoxy) is 1. The van der Waals surface area contributed by atoms with Gasteiger partial charge in [0.05, 0.1) is 24.0 Å². The van der Waals surface area contributed by atoms with Crippen molar-refractivity contribution >= 4 is 23.2 Å². The maximum atomic E-state index is 12.2. The number of halogens is 1. The molecule has 0 unspecified atom stereocenters. The molecular weight excluding hydrogens is 328 g/mol. The molecule has 1 N–H and O–H groups in total. The fourth-order valence-corrected chi connectivity index (χ4v) is 2.60. The molecule has 6 heteroatoms. The van der Waals surface area contributed by atoms with Crippen molar-refractivity contribution < 1.29 is 14.1 Å². The van der Waals surface area contributed by atoms with Gasteiger partial charge >= 0.3 is 0 Å². The molecule has 1 aromatic heterocycles. The summed E-state index contributed by atoms with van der Waals surface area (Å²) in [7, 11) is 1.62. The molecule has 0 spiro atoms. The lowest BCUT2D eigenvalue weighted by molar-refractivity contribution is 0.102. The monoisotopic (exact) mass is 342 g/mol. The Hall–Kier alpha value is -2.79. The number of benzene rings is 2. The van der Waals surface area contributed by atoms with Crippen molar-refractivity contribution in [3.8, 4) is 16.9 Å². The van der Waals surface area contributed by atoms with E-state index in [-0.39, 0.29) is 5.91 Å². The van der Waals surface area contributed by atoms with Gasteiger partial charge in [-0.2, -0.15) is 0 Å². The second-order valence-electron chi connectivity index (χ2n) is 5.14. The molecule has 3 aromatic rings. The van der Waals surface area contributed by atoms with E-state index in [1.165, 1.54) is 6.20 Å². The van der Waals surface area contributed by atoms with Crippen molar-refractivity contribution in [3.05, 3.63) is 65.0 Å². The van der Waals surface area contributed by atoms with Gasteiger partial charge in [0.1, 0.15) is 17.1 Å². The van der Waals surface area contributed by atoms with Crippen molar-refractivity contribution in [1.82, 2.24) is 5.16 Å². The van der Waals surface area contributed by atoms with Gasteiger partial charge in [-0.25, -0.2) is 0 Å². The van der Waals surface area contributed by atoms with Crippen LogP contribution in [0.15, 0.2) is 53.2 Å². The number of carbonyl (C=O) groups is 1. The first kappa shape index (κ1) is 16.1. The summed E-state index contributed by atoms with van der Waals surface area (Å²) in [6.07, 6.45) is 1.38. The summed E-state index contributed by atoms with van der Waals surface area (Å²) in [5.74, 6) is 0.889. The van der Waals surface area contributed by atoms with E-state index in [2.05, 4.69) is 10.5 Å². The fraction of sp³-hybridized carbons (Fsp3) is 0.111. The van der Waals surface area contributed by atoms with Crippen LogP contribution < -0.4 is 10.1 Å². The molecule has 24 heavy (non-hydrogen) atoms. The lowest BCUT2D eigenvalue weighted by atomic mass is 10.0. The molecule has 2 aromatic carbocycles. The topological polar surface area (TPSA) is 64.4 Å². The predicted octanol–water partition coefficient (Wildman–Crippen LogP) is 4.56. The van der Waals surface area contributed by atoms with Gasteiger partial charge in [-0.15, -0.1) is 0 Å². The highest BCUT2D eigenvalue weighted by Gasteiger charge is 2.15. The van der Waals surface area contributed by atoms with Crippen molar-refractivity contribution in [2.24, 2.45) is 0 Å². The zero-order valence-corrected chi connectivity index (χ0v) is 13.9. The molecule has 122 valence electrons. The molecule has 0 saturated carbocycles. The minimum absolute atomic E-state index is 0.319. The molecule has 0 aliphatic heterocycles. The zero-order valence-electron chi connectivity index (χ0n) is 13.2. The van der Waals surface area contributed by atoms with E-state index in [1.54, 1.807) is 26.2 Å². The van der Waals surface area contributed by atoms with Gasteiger partial charge < -0.3 is 14.6 Å². The third-order valence-corrected chi connectivity index (χ3v) is 3.94. The quantitative estimate of drug-likeness (QED) is 0.754. The maximum Gasteiger partial charge on any atom is 0.260 e. The number of methoxy groups -OCH3 is 1. The zero-order chi connectivity index (χ0) is 17.1. The van der Waals surface area contributed by atoms with E-state index in [0.29, 0.717) is 22.0 Å². The Morgan fingerprint density at radius 3 is 2.71 bits per heavy atom. The Labute approximate surface area is 144 Å². The van der Waals surface area contributed by atoms with E-state index < -0.39 is 0 Å². The molecule has 0 fully saturated rings. The maximum absolute atomic E-state index is 12.2. The summed E-state index contributed by atoms with van der Waals surface area (Å²) in [6, 6.07) is 13.1. The molecular formula is C18H15ClN2O3. The first-order valence-corrected chi connectivity index (χ1v) is 7.63. The van der Waals surface area contributed by atoms with Crippen LogP contribution >= 0.6 is 11.6 Å². The van der Waals surface area contributed by atoms with Crippen LogP contribution in [0.4, 0.5) is 5.69 Å². The summed E-state index contributed by atoms with van der Waals surface area (Å²) < 4.78 is 10.3. The van der Waals surface area contributed by atoms with E-state index in [0.717, 1.165) is 16.9 Å². The van der Waals surface area contributed by atoms with Gasteiger partial charge in [0.25, 0.3) is 5.91 Å². The normalized spacial score (nSPS) is 10.5. The van der Waals surface area contributed by atoms with Crippen molar-refractivity contribution in [2.45, 2.75) is 6.92 Å². The minimum atomic E-state index is -0.319. The van der Waals surface area contributed by atoms with Gasteiger partial charge in [-0.3, -0.25) is 4.79 Å². The Bertz CT molecular complexity index is 889. The van der Waals surface area contributed by atoms with Gasteiger partial charge in [-0.1, -0.05) is 41.0 Å². The largest absolute Gasteiger partial charge is 0.496 e. The summed E-state index contributed by atoms with van der Waals surface area (Å²) in [5.41, 5.74) is 2.71. The second kappa shape index (κ2) is 6.76. The Balaban J connectivity index is 1.88. The van der Waals surface area contributed by atoms with Gasteiger partial charge in [0.15, 0.2) is 0 Å². The number of aryl methyl sites for hydroxylation is 1. The van der Waals surface area contributed by atoms with Gasteiger partial charge in [0.2, 0.25) is 0 Å². The molecule has 0 aliphatic carbocycles. The lowest BCUT2D eigenvalue weighted by Crippen LogP contribution is -2.12. The average molecular weight is 343 g/mol. The number of para-hydroxylation sites is 1. The molecule has 3 rings (SSSR count). The van der Waals surface area contributed by atoms with Crippen molar-refractivity contribution in [1.29, 1.82) is 0 Å². The van der Waals surface area contributed by atoms with Crippen molar-refractivity contribution in [3.63, 3.8) is 0 Å². The first-order valence-electron chi connectivity index (χ1n) is 7.25. The van der Waals surface area contributed by atoms with Crippen LogP contribution in [0, 0.1) is 6.92 Å². The van der Waals surface area contributed by atoms with E-state index in [4.69, 9.17) is 20.9 Å². The number of rotatable bonds is 4. The van der Waals surface area contributed by atoms with Crippen LogP contribution in [0.1, 0.15) is 16.1 Å². The van der Waals surface area contributed by atoms with Crippen LogP contribution in [0.2, 0.25) is 5.02 Å². The molecule has 0 radical (unpaired) electrons. The number of hydrogen-bond acceptors (Lipinski definition) is 4. The number of hydrogen-bond donors (Lipinski definition) is 1. The fourth-order valence-electron chi connectivity index (χ4n) is 2.37. The molecule has 0 aliphatic rings. The molecule has 1 amide bonds. The molecule has 5 nitrogen and oxygen atoms in total. The van der Waals surface area contributed by atoms with Crippen molar-refractivity contribution in [2.75, 3.05) is 12.4 Å².